The molecule has 2 aromatic carbocycles. The zero-order valence-corrected chi connectivity index (χ0v) is 17.7. The number of hydrogen-bond acceptors (Lipinski definition) is 6. The maximum atomic E-state index is 12.5. The second-order valence-electron chi connectivity index (χ2n) is 6.45. The van der Waals surface area contributed by atoms with E-state index in [9.17, 15) is 18.0 Å². The molecule has 0 amide bonds. The summed E-state index contributed by atoms with van der Waals surface area (Å²) in [6, 6.07) is 11.8. The summed E-state index contributed by atoms with van der Waals surface area (Å²) < 4.78 is 36.9. The second kappa shape index (κ2) is 9.67. The summed E-state index contributed by atoms with van der Waals surface area (Å²) in [5, 5.41) is 0. The number of esters is 2. The lowest BCUT2D eigenvalue weighted by Crippen LogP contribution is -2.30. The average Bonchev–Trinajstić information content (AvgIpc) is 2.68. The lowest BCUT2D eigenvalue weighted by atomic mass is 10.2. The van der Waals surface area contributed by atoms with Gasteiger partial charge in [0, 0.05) is 13.1 Å². The fraction of sp³-hybridized carbons (Fsp3) is 0.333. The Hall–Kier alpha value is -2.71. The molecule has 8 heteroatoms. The zero-order valence-electron chi connectivity index (χ0n) is 16.9. The van der Waals surface area contributed by atoms with E-state index in [1.165, 1.54) is 40.7 Å². The maximum Gasteiger partial charge on any atom is 0.343 e. The summed E-state index contributed by atoms with van der Waals surface area (Å²) in [7, 11) is -3.61. The van der Waals surface area contributed by atoms with E-state index in [4.69, 9.17) is 9.47 Å². The Morgan fingerprint density at radius 1 is 0.931 bits per heavy atom. The van der Waals surface area contributed by atoms with Gasteiger partial charge in [-0.2, -0.15) is 4.31 Å². The number of carbonyl (C=O) groups excluding carboxylic acids is 2. The molecule has 0 spiro atoms. The van der Waals surface area contributed by atoms with Crippen LogP contribution in [0.5, 0.6) is 5.75 Å². The molecular weight excluding hydrogens is 394 g/mol. The number of para-hydroxylation sites is 1. The Kier molecular flexibility index (Phi) is 7.53. The van der Waals surface area contributed by atoms with Crippen LogP contribution >= 0.6 is 0 Å². The molecule has 0 aliphatic rings. The van der Waals surface area contributed by atoms with E-state index < -0.39 is 22.0 Å². The molecule has 0 radical (unpaired) electrons. The first-order valence-electron chi connectivity index (χ1n) is 9.33. The number of sulfonamides is 1. The van der Waals surface area contributed by atoms with Gasteiger partial charge in [0.25, 0.3) is 0 Å². The van der Waals surface area contributed by atoms with Gasteiger partial charge in [-0.1, -0.05) is 26.0 Å². The molecule has 0 saturated heterocycles. The quantitative estimate of drug-likeness (QED) is 0.480. The number of ether oxygens (including phenoxy) is 2. The SMILES string of the molecule is CCN(CC)S(=O)(=O)c1ccc(C(=O)Oc2ccccc2C(=O)OC(C)C)cc1. The molecule has 156 valence electrons. The molecule has 0 fully saturated rings. The first-order chi connectivity index (χ1) is 13.7. The Morgan fingerprint density at radius 3 is 2.07 bits per heavy atom. The fourth-order valence-electron chi connectivity index (χ4n) is 2.64. The van der Waals surface area contributed by atoms with Crippen LogP contribution in [-0.4, -0.2) is 43.9 Å². The zero-order chi connectivity index (χ0) is 21.6. The van der Waals surface area contributed by atoms with Crippen molar-refractivity contribution in [1.29, 1.82) is 0 Å². The first kappa shape index (κ1) is 22.6. The molecular formula is C21H25NO6S. The van der Waals surface area contributed by atoms with Gasteiger partial charge >= 0.3 is 11.9 Å². The third-order valence-corrected chi connectivity index (χ3v) is 6.15. The van der Waals surface area contributed by atoms with E-state index in [1.54, 1.807) is 39.8 Å². The van der Waals surface area contributed by atoms with Crippen LogP contribution in [0.4, 0.5) is 0 Å². The molecule has 0 heterocycles. The minimum Gasteiger partial charge on any atom is -0.459 e. The Balaban J connectivity index is 2.22. The predicted molar refractivity (Wildman–Crippen MR) is 109 cm³/mol. The van der Waals surface area contributed by atoms with Crippen LogP contribution in [0, 0.1) is 0 Å². The number of benzene rings is 2. The molecule has 2 aromatic rings. The number of nitrogens with zero attached hydrogens (tertiary/aromatic N) is 1. The van der Waals surface area contributed by atoms with Crippen molar-refractivity contribution >= 4 is 22.0 Å². The predicted octanol–water partition coefficient (Wildman–Crippen LogP) is 3.50. The van der Waals surface area contributed by atoms with Crippen LogP contribution in [0.3, 0.4) is 0 Å². The third kappa shape index (κ3) is 5.42. The molecule has 0 aliphatic carbocycles. The van der Waals surface area contributed by atoms with Crippen molar-refractivity contribution in [3.05, 3.63) is 59.7 Å². The van der Waals surface area contributed by atoms with Gasteiger partial charge in [0.2, 0.25) is 10.0 Å². The summed E-state index contributed by atoms with van der Waals surface area (Å²) in [6.45, 7) is 7.67. The van der Waals surface area contributed by atoms with E-state index in [2.05, 4.69) is 0 Å². The molecule has 0 atom stereocenters. The Bertz CT molecular complexity index is 963. The van der Waals surface area contributed by atoms with Crippen LogP contribution in [-0.2, 0) is 14.8 Å². The van der Waals surface area contributed by atoms with E-state index in [0.29, 0.717) is 13.1 Å². The topological polar surface area (TPSA) is 90.0 Å². The van der Waals surface area contributed by atoms with Crippen LogP contribution in [0.2, 0.25) is 0 Å². The molecule has 0 aromatic heterocycles. The molecule has 0 N–H and O–H groups in total. The summed E-state index contributed by atoms with van der Waals surface area (Å²) in [5.74, 6) is -1.23. The van der Waals surface area contributed by atoms with Crippen molar-refractivity contribution in [2.45, 2.75) is 38.7 Å². The first-order valence-corrected chi connectivity index (χ1v) is 10.8. The summed E-state index contributed by atoms with van der Waals surface area (Å²) in [4.78, 5) is 24.8. The molecule has 0 bridgehead atoms. The van der Waals surface area contributed by atoms with E-state index in [-0.39, 0.29) is 27.9 Å². The standard InChI is InChI=1S/C21H25NO6S/c1-5-22(6-2)29(25,26)17-13-11-16(12-14-17)20(23)28-19-10-8-7-9-18(19)21(24)27-15(3)4/h7-15H,5-6H2,1-4H3. The summed E-state index contributed by atoms with van der Waals surface area (Å²) >= 11 is 0. The number of rotatable bonds is 8. The largest absolute Gasteiger partial charge is 0.459 e. The van der Waals surface area contributed by atoms with Gasteiger partial charge in [0.05, 0.1) is 16.6 Å². The van der Waals surface area contributed by atoms with Crippen molar-refractivity contribution in [2.75, 3.05) is 13.1 Å². The molecule has 0 saturated carbocycles. The molecule has 7 nitrogen and oxygen atoms in total. The Labute approximate surface area is 171 Å². The lowest BCUT2D eigenvalue weighted by Gasteiger charge is -2.18. The molecule has 2 rings (SSSR count). The highest BCUT2D eigenvalue weighted by Gasteiger charge is 2.22. The highest BCUT2D eigenvalue weighted by atomic mass is 32.2. The third-order valence-electron chi connectivity index (χ3n) is 4.09. The van der Waals surface area contributed by atoms with Gasteiger partial charge in [-0.05, 0) is 50.2 Å². The minimum absolute atomic E-state index is 0.0722. The average molecular weight is 419 g/mol. The van der Waals surface area contributed by atoms with Gasteiger partial charge in [-0.25, -0.2) is 18.0 Å². The van der Waals surface area contributed by atoms with Crippen molar-refractivity contribution in [2.24, 2.45) is 0 Å². The summed E-state index contributed by atoms with van der Waals surface area (Å²) in [6.07, 6.45) is -0.313. The fourth-order valence-corrected chi connectivity index (χ4v) is 4.09. The smallest absolute Gasteiger partial charge is 0.343 e. The number of carbonyl (C=O) groups is 2. The van der Waals surface area contributed by atoms with Gasteiger partial charge in [-0.3, -0.25) is 0 Å². The van der Waals surface area contributed by atoms with Gasteiger partial charge in [0.1, 0.15) is 11.3 Å². The minimum atomic E-state index is -3.61. The van der Waals surface area contributed by atoms with E-state index >= 15 is 0 Å². The summed E-state index contributed by atoms with van der Waals surface area (Å²) in [5.41, 5.74) is 0.297. The molecule has 29 heavy (non-hydrogen) atoms. The van der Waals surface area contributed by atoms with Crippen molar-refractivity contribution in [3.8, 4) is 5.75 Å². The van der Waals surface area contributed by atoms with Crippen LogP contribution in [0.25, 0.3) is 0 Å². The van der Waals surface area contributed by atoms with E-state index in [0.717, 1.165) is 0 Å². The van der Waals surface area contributed by atoms with Crippen LogP contribution in [0.1, 0.15) is 48.4 Å². The Morgan fingerprint density at radius 2 is 1.52 bits per heavy atom. The van der Waals surface area contributed by atoms with E-state index in [1.807, 2.05) is 0 Å². The van der Waals surface area contributed by atoms with Crippen LogP contribution in [0.15, 0.2) is 53.4 Å². The second-order valence-corrected chi connectivity index (χ2v) is 8.39. The van der Waals surface area contributed by atoms with Crippen LogP contribution < -0.4 is 4.74 Å². The van der Waals surface area contributed by atoms with Crippen molar-refractivity contribution in [3.63, 3.8) is 0 Å². The van der Waals surface area contributed by atoms with Gasteiger partial charge in [-0.15, -0.1) is 0 Å². The number of hydrogen-bond donors (Lipinski definition) is 0. The van der Waals surface area contributed by atoms with Gasteiger partial charge < -0.3 is 9.47 Å². The lowest BCUT2D eigenvalue weighted by molar-refractivity contribution is 0.0373. The monoisotopic (exact) mass is 419 g/mol. The highest BCUT2D eigenvalue weighted by molar-refractivity contribution is 7.89. The molecule has 0 unspecified atom stereocenters. The van der Waals surface area contributed by atoms with Crippen molar-refractivity contribution < 1.29 is 27.5 Å². The highest BCUT2D eigenvalue weighted by Crippen LogP contribution is 2.22. The maximum absolute atomic E-state index is 12.5. The van der Waals surface area contributed by atoms with Crippen molar-refractivity contribution in [1.82, 2.24) is 4.31 Å². The normalized spacial score (nSPS) is 11.5. The molecule has 0 aliphatic heterocycles. The van der Waals surface area contributed by atoms with Gasteiger partial charge in [0.15, 0.2) is 0 Å².